The fourth-order valence-electron chi connectivity index (χ4n) is 9.28. The van der Waals surface area contributed by atoms with Crippen LogP contribution >= 0.6 is 7.82 Å². The number of likely N-dealkylation sites (N-methyl/N-ethyl adjacent to an activating group) is 1. The van der Waals surface area contributed by atoms with E-state index < -0.39 is 20.0 Å². The van der Waals surface area contributed by atoms with Gasteiger partial charge in [-0.25, -0.2) is 0 Å². The van der Waals surface area contributed by atoms with E-state index in [1.165, 1.54) is 218 Å². The van der Waals surface area contributed by atoms with Gasteiger partial charge in [0.1, 0.15) is 19.3 Å². The average molecular weight is 1040 g/mol. The second-order valence-corrected chi connectivity index (χ2v) is 24.0. The van der Waals surface area contributed by atoms with Crippen molar-refractivity contribution in [2.75, 3.05) is 40.9 Å². The number of esters is 1. The summed E-state index contributed by atoms with van der Waals surface area (Å²) >= 11 is 0. The number of allylic oxidation sites excluding steroid dienone is 3. The fourth-order valence-corrected chi connectivity index (χ4v) is 10.0. The van der Waals surface area contributed by atoms with Crippen LogP contribution in [0.25, 0.3) is 0 Å². The minimum atomic E-state index is -4.69. The van der Waals surface area contributed by atoms with E-state index in [4.69, 9.17) is 13.8 Å². The molecule has 9 nitrogen and oxygen atoms in total. The molecule has 3 atom stereocenters. The van der Waals surface area contributed by atoms with Crippen molar-refractivity contribution in [3.05, 3.63) is 24.3 Å². The van der Waals surface area contributed by atoms with E-state index in [-0.39, 0.29) is 31.5 Å². The molecule has 10 heteroatoms. The first-order valence-corrected chi connectivity index (χ1v) is 32.6. The van der Waals surface area contributed by atoms with Gasteiger partial charge in [-0.05, 0) is 57.4 Å². The maximum absolute atomic E-state index is 13.5. The lowest BCUT2D eigenvalue weighted by molar-refractivity contribution is -0.870. The summed E-state index contributed by atoms with van der Waals surface area (Å²) in [5, 5.41) is 3.03. The summed E-state index contributed by atoms with van der Waals surface area (Å²) < 4.78 is 30.3. The molecule has 0 radical (unpaired) electrons. The van der Waals surface area contributed by atoms with Crippen molar-refractivity contribution in [2.45, 2.75) is 322 Å². The lowest BCUT2D eigenvalue weighted by atomic mass is 10.0. The molecular weight excluding hydrogens is 916 g/mol. The molecule has 3 unspecified atom stereocenters. The summed E-state index contributed by atoms with van der Waals surface area (Å²) in [5.41, 5.74) is 0. The van der Waals surface area contributed by atoms with Gasteiger partial charge in [-0.15, -0.1) is 0 Å². The Morgan fingerprint density at radius 2 is 0.806 bits per heavy atom. The third-order valence-electron chi connectivity index (χ3n) is 14.1. The second-order valence-electron chi connectivity index (χ2n) is 22.6. The number of hydrogen-bond acceptors (Lipinski definition) is 7. The van der Waals surface area contributed by atoms with Crippen LogP contribution < -0.4 is 10.2 Å². The van der Waals surface area contributed by atoms with Crippen LogP contribution in [0.5, 0.6) is 0 Å². The van der Waals surface area contributed by atoms with E-state index in [1.54, 1.807) is 0 Å². The highest BCUT2D eigenvalue weighted by Crippen LogP contribution is 2.38. The molecule has 426 valence electrons. The molecule has 0 aromatic carbocycles. The first-order chi connectivity index (χ1) is 34.9. The first-order valence-electron chi connectivity index (χ1n) is 31.1. The number of phosphoric ester groups is 1. The molecule has 0 fully saturated rings. The number of nitrogens with zero attached hydrogens (tertiary/aromatic N) is 1. The lowest BCUT2D eigenvalue weighted by Gasteiger charge is -2.30. The average Bonchev–Trinajstić information content (AvgIpc) is 3.34. The number of hydrogen-bond donors (Lipinski definition) is 1. The zero-order valence-electron chi connectivity index (χ0n) is 48.7. The molecule has 0 aliphatic rings. The Morgan fingerprint density at radius 3 is 1.18 bits per heavy atom. The van der Waals surface area contributed by atoms with Crippen molar-refractivity contribution in [1.29, 1.82) is 0 Å². The SMILES string of the molecule is CCCCCCCC/C=C/CCCCCCCCCCCCCC(=O)NC(COP(=O)([O-])OCC[N+](C)(C)C)C(/C=C\CCCCCCCCCCCC)OC(=O)CCCCCCCCCCCCCCC. The molecule has 72 heavy (non-hydrogen) atoms. The number of amides is 1. The standard InChI is InChI=1S/C62H121N2O7P/c1-7-10-13-16-19-22-25-28-29-30-31-32-33-34-35-37-39-42-45-48-51-54-61(65)63-59(58-70-72(67,68)69-57-56-64(4,5)6)60(53-50-47-44-41-38-27-24-21-18-15-12-9-3)71-62(66)55-52-49-46-43-40-36-26-23-20-17-14-11-8-2/h28-29,50,53,59-60H,7-27,30-49,51-52,54-58H2,1-6H3,(H-,63,65,67,68)/b29-28+,53-50-. The number of ether oxygens (including phenoxy) is 1. The number of quaternary nitrogens is 1. The molecule has 1 amide bonds. The predicted molar refractivity (Wildman–Crippen MR) is 307 cm³/mol. The normalized spacial score (nSPS) is 13.8. The molecule has 0 saturated carbocycles. The van der Waals surface area contributed by atoms with Crippen LogP contribution in [0, 0.1) is 0 Å². The quantitative estimate of drug-likeness (QED) is 0.0212. The van der Waals surface area contributed by atoms with Crippen LogP contribution in [-0.4, -0.2) is 69.4 Å². The van der Waals surface area contributed by atoms with Crippen LogP contribution in [0.4, 0.5) is 0 Å². The highest BCUT2D eigenvalue weighted by molar-refractivity contribution is 7.45. The molecular formula is C62H121N2O7P. The highest BCUT2D eigenvalue weighted by atomic mass is 31.2. The summed E-state index contributed by atoms with van der Waals surface area (Å²) in [6.45, 7) is 6.87. The zero-order valence-corrected chi connectivity index (χ0v) is 49.6. The highest BCUT2D eigenvalue weighted by Gasteiger charge is 2.27. The Hall–Kier alpha value is -1.51. The van der Waals surface area contributed by atoms with Crippen LogP contribution in [0.2, 0.25) is 0 Å². The number of carbonyl (C=O) groups excluding carboxylic acids is 2. The van der Waals surface area contributed by atoms with Crippen molar-refractivity contribution in [2.24, 2.45) is 0 Å². The first kappa shape index (κ1) is 70.5. The molecule has 1 N–H and O–H groups in total. The zero-order chi connectivity index (χ0) is 52.9. The summed E-state index contributed by atoms with van der Waals surface area (Å²) in [7, 11) is 1.20. The Labute approximate surface area is 447 Å². The predicted octanol–water partition coefficient (Wildman–Crippen LogP) is 18.3. The van der Waals surface area contributed by atoms with E-state index in [1.807, 2.05) is 33.3 Å². The van der Waals surface area contributed by atoms with Gasteiger partial charge >= 0.3 is 5.97 Å². The molecule has 0 aliphatic carbocycles. The number of unbranched alkanes of at least 4 members (excludes halogenated alkanes) is 39. The van der Waals surface area contributed by atoms with E-state index in [2.05, 4.69) is 38.2 Å². The van der Waals surface area contributed by atoms with Gasteiger partial charge in [-0.2, -0.15) is 0 Å². The molecule has 0 aromatic heterocycles. The number of phosphoric acid groups is 1. The van der Waals surface area contributed by atoms with Crippen molar-refractivity contribution in [3.63, 3.8) is 0 Å². The van der Waals surface area contributed by atoms with Crippen molar-refractivity contribution in [3.8, 4) is 0 Å². The maximum Gasteiger partial charge on any atom is 0.306 e. The van der Waals surface area contributed by atoms with Gasteiger partial charge in [-0.3, -0.25) is 14.2 Å². The van der Waals surface area contributed by atoms with Gasteiger partial charge in [0.15, 0.2) is 0 Å². The third kappa shape index (κ3) is 53.3. The van der Waals surface area contributed by atoms with Crippen LogP contribution in [0.1, 0.15) is 310 Å². The number of rotatable bonds is 57. The minimum Gasteiger partial charge on any atom is -0.756 e. The van der Waals surface area contributed by atoms with Gasteiger partial charge in [0.2, 0.25) is 5.91 Å². The van der Waals surface area contributed by atoms with Crippen molar-refractivity contribution >= 4 is 19.7 Å². The monoisotopic (exact) mass is 1040 g/mol. The molecule has 0 spiro atoms. The molecule has 0 aromatic rings. The Balaban J connectivity index is 5.17. The molecule has 0 saturated heterocycles. The van der Waals surface area contributed by atoms with Gasteiger partial charge in [0.25, 0.3) is 7.82 Å². The fraction of sp³-hybridized carbons (Fsp3) is 0.903. The van der Waals surface area contributed by atoms with Gasteiger partial charge < -0.3 is 28.5 Å². The van der Waals surface area contributed by atoms with Gasteiger partial charge in [0, 0.05) is 12.8 Å². The Morgan fingerprint density at radius 1 is 0.472 bits per heavy atom. The van der Waals surface area contributed by atoms with Crippen LogP contribution in [-0.2, 0) is 27.9 Å². The lowest BCUT2D eigenvalue weighted by Crippen LogP contribution is -2.47. The number of carbonyl (C=O) groups is 2. The number of nitrogens with one attached hydrogen (secondary N) is 1. The Kier molecular flexibility index (Phi) is 51.8. The second kappa shape index (κ2) is 52.9. The molecule has 0 bridgehead atoms. The topological polar surface area (TPSA) is 114 Å². The minimum absolute atomic E-state index is 0.0188. The summed E-state index contributed by atoms with van der Waals surface area (Å²) in [5.74, 6) is -0.526. The van der Waals surface area contributed by atoms with Crippen molar-refractivity contribution < 1.29 is 37.3 Å². The summed E-state index contributed by atoms with van der Waals surface area (Å²) in [6.07, 6.45) is 61.4. The largest absolute Gasteiger partial charge is 0.756 e. The van der Waals surface area contributed by atoms with Gasteiger partial charge in [0.05, 0.1) is 33.8 Å². The summed E-state index contributed by atoms with van der Waals surface area (Å²) in [4.78, 5) is 39.9. The van der Waals surface area contributed by atoms with E-state index >= 15 is 0 Å². The molecule has 0 rings (SSSR count). The van der Waals surface area contributed by atoms with Crippen molar-refractivity contribution in [1.82, 2.24) is 5.32 Å². The molecule has 0 heterocycles. The third-order valence-corrected chi connectivity index (χ3v) is 15.1. The Bertz CT molecular complexity index is 1290. The van der Waals surface area contributed by atoms with Crippen LogP contribution in [0.15, 0.2) is 24.3 Å². The van der Waals surface area contributed by atoms with Gasteiger partial charge in [-0.1, -0.05) is 264 Å². The van der Waals surface area contributed by atoms with Crippen LogP contribution in [0.3, 0.4) is 0 Å². The van der Waals surface area contributed by atoms with E-state index in [0.29, 0.717) is 17.4 Å². The molecule has 0 aliphatic heterocycles. The van der Waals surface area contributed by atoms with E-state index in [9.17, 15) is 19.0 Å². The summed E-state index contributed by atoms with van der Waals surface area (Å²) in [6, 6.07) is -0.882. The smallest absolute Gasteiger partial charge is 0.306 e. The van der Waals surface area contributed by atoms with E-state index in [0.717, 1.165) is 57.8 Å². The maximum atomic E-state index is 13.5.